The first-order chi connectivity index (χ1) is 9.81. The van der Waals surface area contributed by atoms with E-state index in [0.29, 0.717) is 18.9 Å². The standard InChI is InChI=1S/C14H18ClF3N2O/c1-2-13(9-21)4-3-5-20(8-13)12-11(15)6-10(7-19-12)14(16,17)18/h6-7,21H,2-5,8-9H2,1H3/t13-/m0/s1. The minimum absolute atomic E-state index is 0.00494. The summed E-state index contributed by atoms with van der Waals surface area (Å²) in [6.07, 6.45) is -1.09. The zero-order valence-corrected chi connectivity index (χ0v) is 12.5. The molecule has 1 aromatic heterocycles. The molecule has 1 N–H and O–H groups in total. The summed E-state index contributed by atoms with van der Waals surface area (Å²) in [6, 6.07) is 0.908. The van der Waals surface area contributed by atoms with E-state index in [1.807, 2.05) is 11.8 Å². The number of halogens is 4. The molecule has 0 bridgehead atoms. The van der Waals surface area contributed by atoms with Gasteiger partial charge in [0, 0.05) is 24.7 Å². The van der Waals surface area contributed by atoms with Crippen LogP contribution in [0.25, 0.3) is 0 Å². The summed E-state index contributed by atoms with van der Waals surface area (Å²) in [5.41, 5.74) is -1.08. The number of alkyl halides is 3. The lowest BCUT2D eigenvalue weighted by Gasteiger charge is -2.42. The van der Waals surface area contributed by atoms with Gasteiger partial charge in [-0.25, -0.2) is 4.98 Å². The van der Waals surface area contributed by atoms with Crippen LogP contribution in [0.1, 0.15) is 31.7 Å². The summed E-state index contributed by atoms with van der Waals surface area (Å²) in [5.74, 6) is 0.357. The van der Waals surface area contributed by atoms with Crippen LogP contribution in [0.5, 0.6) is 0 Å². The number of hydrogen-bond acceptors (Lipinski definition) is 3. The topological polar surface area (TPSA) is 36.4 Å². The fourth-order valence-corrected chi connectivity index (χ4v) is 3.02. The average Bonchev–Trinajstić information content (AvgIpc) is 2.46. The van der Waals surface area contributed by atoms with Gasteiger partial charge in [0.25, 0.3) is 0 Å². The SMILES string of the molecule is CC[C@]1(CO)CCCN(c2ncc(C(F)(F)F)cc2Cl)C1. The first-order valence-electron chi connectivity index (χ1n) is 6.90. The van der Waals surface area contributed by atoms with E-state index >= 15 is 0 Å². The van der Waals surface area contributed by atoms with Crippen LogP contribution in [-0.2, 0) is 6.18 Å². The lowest BCUT2D eigenvalue weighted by Crippen LogP contribution is -2.45. The molecular weight excluding hydrogens is 305 g/mol. The van der Waals surface area contributed by atoms with Crippen molar-refractivity contribution < 1.29 is 18.3 Å². The van der Waals surface area contributed by atoms with Gasteiger partial charge in [0.05, 0.1) is 17.2 Å². The van der Waals surface area contributed by atoms with E-state index in [0.717, 1.165) is 31.5 Å². The third-order valence-corrected chi connectivity index (χ3v) is 4.47. The molecule has 0 saturated carbocycles. The molecule has 0 aliphatic carbocycles. The fourth-order valence-electron chi connectivity index (χ4n) is 2.74. The highest BCUT2D eigenvalue weighted by molar-refractivity contribution is 6.33. The average molecular weight is 323 g/mol. The Labute approximate surface area is 126 Å². The van der Waals surface area contributed by atoms with E-state index in [1.165, 1.54) is 0 Å². The number of pyridine rings is 1. The van der Waals surface area contributed by atoms with Gasteiger partial charge < -0.3 is 10.0 Å². The first kappa shape index (κ1) is 16.4. The van der Waals surface area contributed by atoms with Gasteiger partial charge in [0.15, 0.2) is 0 Å². The molecule has 0 radical (unpaired) electrons. The third-order valence-electron chi connectivity index (χ3n) is 4.20. The Balaban J connectivity index is 2.26. The number of hydrogen-bond donors (Lipinski definition) is 1. The Hall–Kier alpha value is -1.01. The van der Waals surface area contributed by atoms with Gasteiger partial charge in [-0.15, -0.1) is 0 Å². The Morgan fingerprint density at radius 1 is 1.48 bits per heavy atom. The van der Waals surface area contributed by atoms with E-state index in [-0.39, 0.29) is 17.0 Å². The Kier molecular flexibility index (Phi) is 4.68. The number of aromatic nitrogens is 1. The summed E-state index contributed by atoms with van der Waals surface area (Å²) >= 11 is 5.98. The van der Waals surface area contributed by atoms with Crippen molar-refractivity contribution in [1.82, 2.24) is 4.98 Å². The minimum atomic E-state index is -4.45. The summed E-state index contributed by atoms with van der Waals surface area (Å²) in [5, 5.41) is 9.59. The maximum absolute atomic E-state index is 12.6. The van der Waals surface area contributed by atoms with E-state index in [2.05, 4.69) is 4.98 Å². The van der Waals surface area contributed by atoms with Crippen LogP contribution in [0.3, 0.4) is 0 Å². The molecule has 0 unspecified atom stereocenters. The third kappa shape index (κ3) is 3.43. The second-order valence-electron chi connectivity index (χ2n) is 5.56. The quantitative estimate of drug-likeness (QED) is 0.921. The van der Waals surface area contributed by atoms with E-state index < -0.39 is 11.7 Å². The molecule has 118 valence electrons. The van der Waals surface area contributed by atoms with Gasteiger partial charge in [0.1, 0.15) is 5.82 Å². The molecule has 7 heteroatoms. The van der Waals surface area contributed by atoms with Crippen LogP contribution in [-0.4, -0.2) is 29.8 Å². The fraction of sp³-hybridized carbons (Fsp3) is 0.643. The van der Waals surface area contributed by atoms with Gasteiger partial charge in [-0.2, -0.15) is 13.2 Å². The maximum atomic E-state index is 12.6. The number of nitrogens with zero attached hydrogens (tertiary/aromatic N) is 2. The van der Waals surface area contributed by atoms with Crippen molar-refractivity contribution in [3.8, 4) is 0 Å². The van der Waals surface area contributed by atoms with Crippen LogP contribution in [0.4, 0.5) is 19.0 Å². The molecule has 0 amide bonds. The summed E-state index contributed by atoms with van der Waals surface area (Å²) in [7, 11) is 0. The molecule has 1 saturated heterocycles. The van der Waals surface area contributed by atoms with Crippen LogP contribution >= 0.6 is 11.6 Å². The Morgan fingerprint density at radius 3 is 2.71 bits per heavy atom. The Bertz CT molecular complexity index is 503. The number of rotatable bonds is 3. The second kappa shape index (κ2) is 6.01. The van der Waals surface area contributed by atoms with E-state index in [4.69, 9.17) is 11.6 Å². The van der Waals surface area contributed by atoms with Crippen LogP contribution in [0, 0.1) is 5.41 Å². The van der Waals surface area contributed by atoms with Crippen molar-refractivity contribution in [3.05, 3.63) is 22.8 Å². The summed E-state index contributed by atoms with van der Waals surface area (Å²) < 4.78 is 37.9. The predicted molar refractivity (Wildman–Crippen MR) is 75.5 cm³/mol. The Morgan fingerprint density at radius 2 is 2.19 bits per heavy atom. The van der Waals surface area contributed by atoms with Crippen LogP contribution < -0.4 is 4.90 Å². The van der Waals surface area contributed by atoms with Crippen molar-refractivity contribution in [3.63, 3.8) is 0 Å². The lowest BCUT2D eigenvalue weighted by molar-refractivity contribution is -0.137. The van der Waals surface area contributed by atoms with E-state index in [1.54, 1.807) is 0 Å². The summed E-state index contributed by atoms with van der Waals surface area (Å²) in [4.78, 5) is 5.76. The number of anilines is 1. The zero-order valence-electron chi connectivity index (χ0n) is 11.8. The first-order valence-corrected chi connectivity index (χ1v) is 7.28. The maximum Gasteiger partial charge on any atom is 0.417 e. The van der Waals surface area contributed by atoms with Gasteiger partial charge >= 0.3 is 6.18 Å². The zero-order chi connectivity index (χ0) is 15.7. The van der Waals surface area contributed by atoms with Crippen LogP contribution in [0.2, 0.25) is 5.02 Å². The lowest BCUT2D eigenvalue weighted by atomic mass is 9.78. The molecule has 1 atom stereocenters. The molecule has 3 nitrogen and oxygen atoms in total. The molecule has 1 fully saturated rings. The molecule has 1 aliphatic heterocycles. The number of aliphatic hydroxyl groups is 1. The van der Waals surface area contributed by atoms with Gasteiger partial charge in [-0.05, 0) is 25.3 Å². The smallest absolute Gasteiger partial charge is 0.396 e. The highest BCUT2D eigenvalue weighted by Gasteiger charge is 2.36. The van der Waals surface area contributed by atoms with E-state index in [9.17, 15) is 18.3 Å². The molecule has 21 heavy (non-hydrogen) atoms. The van der Waals surface area contributed by atoms with Crippen molar-refractivity contribution in [2.75, 3.05) is 24.6 Å². The monoisotopic (exact) mass is 322 g/mol. The second-order valence-corrected chi connectivity index (χ2v) is 5.97. The largest absolute Gasteiger partial charge is 0.417 e. The van der Waals surface area contributed by atoms with Crippen molar-refractivity contribution in [2.24, 2.45) is 5.41 Å². The van der Waals surface area contributed by atoms with Gasteiger partial charge in [-0.3, -0.25) is 0 Å². The molecule has 0 aromatic carbocycles. The molecule has 1 aliphatic rings. The normalized spacial score (nSPS) is 23.4. The molecule has 2 rings (SSSR count). The van der Waals surface area contributed by atoms with Crippen molar-refractivity contribution in [1.29, 1.82) is 0 Å². The molecule has 2 heterocycles. The van der Waals surface area contributed by atoms with Crippen molar-refractivity contribution >= 4 is 17.4 Å². The van der Waals surface area contributed by atoms with Gasteiger partial charge in [0.2, 0.25) is 0 Å². The van der Waals surface area contributed by atoms with Gasteiger partial charge in [-0.1, -0.05) is 18.5 Å². The minimum Gasteiger partial charge on any atom is -0.396 e. The number of aliphatic hydroxyl groups excluding tert-OH is 1. The predicted octanol–water partition coefficient (Wildman–Crippen LogP) is 3.74. The summed E-state index contributed by atoms with van der Waals surface area (Å²) in [6.45, 7) is 3.29. The number of piperidine rings is 1. The molecule has 1 aromatic rings. The molecular formula is C14H18ClF3N2O. The van der Waals surface area contributed by atoms with Crippen LogP contribution in [0.15, 0.2) is 12.3 Å². The highest BCUT2D eigenvalue weighted by atomic mass is 35.5. The highest BCUT2D eigenvalue weighted by Crippen LogP contribution is 2.38. The molecule has 0 spiro atoms. The van der Waals surface area contributed by atoms with Crippen molar-refractivity contribution in [2.45, 2.75) is 32.4 Å².